The molecule has 3 aliphatic heterocycles. The van der Waals surface area contributed by atoms with E-state index in [0.29, 0.717) is 42.3 Å². The number of benzene rings is 2. The maximum Gasteiger partial charge on any atom is 0.270 e. The molecule has 36 heavy (non-hydrogen) atoms. The number of halogens is 1. The molecule has 3 aromatic rings. The van der Waals surface area contributed by atoms with Crippen LogP contribution in [0.2, 0.25) is 5.02 Å². The van der Waals surface area contributed by atoms with E-state index in [2.05, 4.69) is 16.4 Å². The fourth-order valence-corrected chi connectivity index (χ4v) is 5.90. The van der Waals surface area contributed by atoms with Crippen molar-refractivity contribution in [3.63, 3.8) is 0 Å². The molecule has 2 N–H and O–H groups in total. The maximum absolute atomic E-state index is 13.1. The van der Waals surface area contributed by atoms with E-state index in [0.717, 1.165) is 34.9 Å². The highest BCUT2D eigenvalue weighted by Gasteiger charge is 2.39. The summed E-state index contributed by atoms with van der Waals surface area (Å²) in [6.07, 6.45) is 2.25. The average Bonchev–Trinajstić information content (AvgIpc) is 3.46. The van der Waals surface area contributed by atoms with E-state index >= 15 is 0 Å². The SMILES string of the molecule is O=C1CCC(N2Cc3cc(C4CCN(C(=O)c5cc6cccc(Cl)c6[nH]5)CC4)ccc3C2=O)C(=O)N1. The molecule has 0 bridgehead atoms. The summed E-state index contributed by atoms with van der Waals surface area (Å²) in [5.74, 6) is -0.593. The summed E-state index contributed by atoms with van der Waals surface area (Å²) in [4.78, 5) is 56.4. The van der Waals surface area contributed by atoms with Gasteiger partial charge >= 0.3 is 0 Å². The van der Waals surface area contributed by atoms with Crippen LogP contribution in [0.1, 0.15) is 63.6 Å². The smallest absolute Gasteiger partial charge is 0.270 e. The summed E-state index contributed by atoms with van der Waals surface area (Å²) in [6, 6.07) is 12.8. The first-order chi connectivity index (χ1) is 17.4. The Bertz CT molecular complexity index is 1420. The molecule has 4 heterocycles. The number of amides is 4. The van der Waals surface area contributed by atoms with Crippen molar-refractivity contribution in [1.82, 2.24) is 20.1 Å². The van der Waals surface area contributed by atoms with Gasteiger partial charge in [0.15, 0.2) is 0 Å². The van der Waals surface area contributed by atoms with Crippen molar-refractivity contribution in [2.45, 2.75) is 44.2 Å². The van der Waals surface area contributed by atoms with Crippen LogP contribution in [0.25, 0.3) is 10.9 Å². The standard InChI is InChI=1S/C27H25ClN4O4/c28-20-3-1-2-17-13-21(29-24(17)20)27(36)31-10-8-15(9-11-31)16-4-5-19-18(12-16)14-32(26(19)35)22-6-7-23(33)30-25(22)34/h1-5,12-13,15,22,29H,6-11,14H2,(H,30,33,34). The minimum Gasteiger partial charge on any atom is -0.349 e. The first kappa shape index (κ1) is 22.8. The molecule has 3 aliphatic rings. The number of H-pyrrole nitrogens is 1. The van der Waals surface area contributed by atoms with Gasteiger partial charge < -0.3 is 14.8 Å². The van der Waals surface area contributed by atoms with Crippen LogP contribution < -0.4 is 5.32 Å². The lowest BCUT2D eigenvalue weighted by atomic mass is 9.88. The molecule has 2 aromatic carbocycles. The number of aromatic nitrogens is 1. The third-order valence-corrected chi connectivity index (χ3v) is 7.95. The molecule has 9 heteroatoms. The lowest BCUT2D eigenvalue weighted by molar-refractivity contribution is -0.136. The van der Waals surface area contributed by atoms with Crippen molar-refractivity contribution in [2.24, 2.45) is 0 Å². The highest BCUT2D eigenvalue weighted by molar-refractivity contribution is 6.35. The van der Waals surface area contributed by atoms with Gasteiger partial charge in [0, 0.05) is 37.0 Å². The number of likely N-dealkylation sites (tertiary alicyclic amines) is 1. The lowest BCUT2D eigenvalue weighted by Gasteiger charge is -2.32. The Morgan fingerprint density at radius 1 is 1.00 bits per heavy atom. The van der Waals surface area contributed by atoms with Gasteiger partial charge in [0.1, 0.15) is 11.7 Å². The number of hydrogen-bond donors (Lipinski definition) is 2. The minimum atomic E-state index is -0.611. The number of hydrogen-bond acceptors (Lipinski definition) is 4. The summed E-state index contributed by atoms with van der Waals surface area (Å²) < 4.78 is 0. The fourth-order valence-electron chi connectivity index (χ4n) is 5.67. The number of aromatic amines is 1. The van der Waals surface area contributed by atoms with Crippen LogP contribution in [-0.2, 0) is 16.1 Å². The number of carbonyl (C=O) groups excluding carboxylic acids is 4. The molecule has 1 atom stereocenters. The zero-order chi connectivity index (χ0) is 25.0. The minimum absolute atomic E-state index is 0.0276. The zero-order valence-corrected chi connectivity index (χ0v) is 20.3. The summed E-state index contributed by atoms with van der Waals surface area (Å²) >= 11 is 6.25. The normalized spacial score (nSPS) is 20.7. The molecule has 0 aliphatic carbocycles. The lowest BCUT2D eigenvalue weighted by Crippen LogP contribution is -2.52. The Kier molecular flexibility index (Phi) is 5.56. The van der Waals surface area contributed by atoms with Gasteiger partial charge in [-0.05, 0) is 54.5 Å². The van der Waals surface area contributed by atoms with Gasteiger partial charge in [-0.15, -0.1) is 0 Å². The van der Waals surface area contributed by atoms with Crippen molar-refractivity contribution in [3.05, 3.63) is 69.9 Å². The van der Waals surface area contributed by atoms with E-state index in [4.69, 9.17) is 11.6 Å². The van der Waals surface area contributed by atoms with Crippen molar-refractivity contribution < 1.29 is 19.2 Å². The molecule has 2 fully saturated rings. The second kappa shape index (κ2) is 8.78. The fraction of sp³-hybridized carbons (Fsp3) is 0.333. The van der Waals surface area contributed by atoms with E-state index in [1.807, 2.05) is 35.2 Å². The van der Waals surface area contributed by atoms with Gasteiger partial charge in [-0.25, -0.2) is 0 Å². The maximum atomic E-state index is 13.1. The highest BCUT2D eigenvalue weighted by Crippen LogP contribution is 2.34. The van der Waals surface area contributed by atoms with E-state index in [9.17, 15) is 19.2 Å². The molecule has 6 rings (SSSR count). The number of carbonyl (C=O) groups is 4. The third-order valence-electron chi connectivity index (χ3n) is 7.64. The van der Waals surface area contributed by atoms with E-state index < -0.39 is 11.9 Å². The quantitative estimate of drug-likeness (QED) is 0.532. The van der Waals surface area contributed by atoms with E-state index in [1.54, 1.807) is 11.0 Å². The topological polar surface area (TPSA) is 103 Å². The number of imide groups is 1. The first-order valence-corrected chi connectivity index (χ1v) is 12.6. The third kappa shape index (κ3) is 3.86. The van der Waals surface area contributed by atoms with Crippen molar-refractivity contribution in [2.75, 3.05) is 13.1 Å². The second-order valence-corrected chi connectivity index (χ2v) is 10.2. The molecule has 0 radical (unpaired) electrons. The molecule has 184 valence electrons. The van der Waals surface area contributed by atoms with Gasteiger partial charge in [-0.2, -0.15) is 0 Å². The molecule has 1 aromatic heterocycles. The van der Waals surface area contributed by atoms with Gasteiger partial charge in [-0.3, -0.25) is 24.5 Å². The average molecular weight is 505 g/mol. The van der Waals surface area contributed by atoms with Crippen LogP contribution in [0.15, 0.2) is 42.5 Å². The van der Waals surface area contributed by atoms with Crippen LogP contribution >= 0.6 is 11.6 Å². The van der Waals surface area contributed by atoms with Crippen molar-refractivity contribution in [3.8, 4) is 0 Å². The van der Waals surface area contributed by atoms with Gasteiger partial charge in [0.25, 0.3) is 11.8 Å². The van der Waals surface area contributed by atoms with Crippen LogP contribution in [0.3, 0.4) is 0 Å². The number of para-hydroxylation sites is 1. The number of rotatable bonds is 3. The summed E-state index contributed by atoms with van der Waals surface area (Å²) in [6.45, 7) is 1.66. The summed E-state index contributed by atoms with van der Waals surface area (Å²) in [5.41, 5.74) is 4.00. The van der Waals surface area contributed by atoms with Crippen molar-refractivity contribution >= 4 is 46.1 Å². The Hall–Kier alpha value is -3.65. The molecular formula is C27H25ClN4O4. The zero-order valence-electron chi connectivity index (χ0n) is 19.6. The predicted molar refractivity (Wildman–Crippen MR) is 134 cm³/mol. The van der Waals surface area contributed by atoms with Gasteiger partial charge in [0.05, 0.1) is 10.5 Å². The first-order valence-electron chi connectivity index (χ1n) is 12.2. The van der Waals surface area contributed by atoms with Crippen LogP contribution in [0, 0.1) is 0 Å². The second-order valence-electron chi connectivity index (χ2n) is 9.77. The van der Waals surface area contributed by atoms with Crippen molar-refractivity contribution in [1.29, 1.82) is 0 Å². The Morgan fingerprint density at radius 3 is 2.56 bits per heavy atom. The predicted octanol–water partition coefficient (Wildman–Crippen LogP) is 3.60. The molecular weight excluding hydrogens is 480 g/mol. The molecule has 0 spiro atoms. The number of nitrogens with one attached hydrogen (secondary N) is 2. The Labute approximate surface area is 212 Å². The van der Waals surface area contributed by atoms with Crippen LogP contribution in [0.5, 0.6) is 0 Å². The summed E-state index contributed by atoms with van der Waals surface area (Å²) in [5, 5.41) is 3.85. The van der Waals surface area contributed by atoms with Gasteiger partial charge in [0.2, 0.25) is 11.8 Å². The van der Waals surface area contributed by atoms with E-state index in [-0.39, 0.29) is 30.1 Å². The van der Waals surface area contributed by atoms with E-state index in [1.165, 1.54) is 0 Å². The Balaban J connectivity index is 1.13. The molecule has 0 saturated carbocycles. The number of piperidine rings is 2. The highest BCUT2D eigenvalue weighted by atomic mass is 35.5. The molecule has 2 saturated heterocycles. The monoisotopic (exact) mass is 504 g/mol. The molecule has 1 unspecified atom stereocenters. The number of nitrogens with zero attached hydrogens (tertiary/aromatic N) is 2. The Morgan fingerprint density at radius 2 is 1.81 bits per heavy atom. The van der Waals surface area contributed by atoms with Crippen LogP contribution in [0.4, 0.5) is 0 Å². The van der Waals surface area contributed by atoms with Gasteiger partial charge in [-0.1, -0.05) is 35.9 Å². The molecule has 4 amide bonds. The molecule has 8 nitrogen and oxygen atoms in total. The van der Waals surface area contributed by atoms with Crippen LogP contribution in [-0.4, -0.2) is 57.5 Å². The largest absolute Gasteiger partial charge is 0.349 e. The summed E-state index contributed by atoms with van der Waals surface area (Å²) in [7, 11) is 0. The number of fused-ring (bicyclic) bond motifs is 2.